The van der Waals surface area contributed by atoms with Crippen LogP contribution in [-0.4, -0.2) is 10.8 Å². The summed E-state index contributed by atoms with van der Waals surface area (Å²) in [5, 5.41) is 15.3. The van der Waals surface area contributed by atoms with E-state index in [-0.39, 0.29) is 18.0 Å². The van der Waals surface area contributed by atoms with Crippen molar-refractivity contribution in [2.45, 2.75) is 18.6 Å². The summed E-state index contributed by atoms with van der Waals surface area (Å²) in [5.74, 6) is 0.280. The van der Waals surface area contributed by atoms with Gasteiger partial charge in [-0.2, -0.15) is 0 Å². The van der Waals surface area contributed by atoms with Gasteiger partial charge in [-0.25, -0.2) is 0 Å². The Hall–Kier alpha value is -2.33. The van der Waals surface area contributed by atoms with Crippen molar-refractivity contribution < 1.29 is 5.11 Å². The molecule has 0 amide bonds. The molecule has 5 heteroatoms. The van der Waals surface area contributed by atoms with E-state index in [9.17, 15) is 5.11 Å². The lowest BCUT2D eigenvalue weighted by molar-refractivity contribution is 0.413. The van der Waals surface area contributed by atoms with Gasteiger partial charge >= 0.3 is 0 Å². The number of para-hydroxylation sites is 1. The van der Waals surface area contributed by atoms with Gasteiger partial charge in [0.2, 0.25) is 0 Å². The van der Waals surface area contributed by atoms with Crippen LogP contribution in [0.2, 0.25) is 10.0 Å². The first-order chi connectivity index (χ1) is 13.1. The van der Waals surface area contributed by atoms with Crippen LogP contribution in [0, 0.1) is 0 Å². The molecular formula is C22H18Cl2N2O. The molecule has 1 aliphatic rings. The number of nitrogens with zero attached hydrogens (tertiary/aromatic N) is 1. The number of hydrogen-bond acceptors (Lipinski definition) is 3. The molecule has 3 aromatic rings. The van der Waals surface area contributed by atoms with E-state index in [1.54, 1.807) is 6.07 Å². The first-order valence-corrected chi connectivity index (χ1v) is 9.48. The van der Waals surface area contributed by atoms with E-state index in [0.717, 1.165) is 22.4 Å². The van der Waals surface area contributed by atoms with Gasteiger partial charge in [0.05, 0.1) is 0 Å². The van der Waals surface area contributed by atoms with Crippen LogP contribution >= 0.6 is 23.2 Å². The minimum Gasteiger partial charge on any atom is -0.508 e. The van der Waals surface area contributed by atoms with Gasteiger partial charge in [0.15, 0.2) is 0 Å². The van der Waals surface area contributed by atoms with E-state index in [1.807, 2.05) is 66.7 Å². The zero-order valence-electron chi connectivity index (χ0n) is 14.4. The number of aliphatic imine (C=N–C) groups is 1. The Balaban J connectivity index is 1.75. The topological polar surface area (TPSA) is 44.6 Å². The monoisotopic (exact) mass is 396 g/mol. The highest BCUT2D eigenvalue weighted by Crippen LogP contribution is 2.34. The Labute approximate surface area is 168 Å². The molecule has 3 aromatic carbocycles. The Morgan fingerprint density at radius 2 is 1.48 bits per heavy atom. The van der Waals surface area contributed by atoms with Crippen molar-refractivity contribution >= 4 is 28.9 Å². The molecule has 0 saturated heterocycles. The minimum absolute atomic E-state index is 0.0601. The van der Waals surface area contributed by atoms with Crippen molar-refractivity contribution in [2.24, 2.45) is 4.99 Å². The van der Waals surface area contributed by atoms with Gasteiger partial charge in [0, 0.05) is 33.8 Å². The summed E-state index contributed by atoms with van der Waals surface area (Å²) in [6, 6.07) is 22.7. The predicted octanol–water partition coefficient (Wildman–Crippen LogP) is 5.92. The van der Waals surface area contributed by atoms with Crippen LogP contribution in [0.25, 0.3) is 0 Å². The maximum Gasteiger partial charge on any atom is 0.126 e. The van der Waals surface area contributed by atoms with Crippen molar-refractivity contribution in [3.05, 3.63) is 99.5 Å². The standard InChI is InChI=1S/C22H18Cl2N2O/c23-16-9-5-14(6-10-16)19-13-20(18-3-1-2-4-21(18)27)26-22(25-19)15-7-11-17(24)12-8-15/h1-12,20,22,26-27H,13H2/t20-,22-/m0/s1. The molecule has 0 aromatic heterocycles. The van der Waals surface area contributed by atoms with Gasteiger partial charge in [-0.15, -0.1) is 0 Å². The lowest BCUT2D eigenvalue weighted by Crippen LogP contribution is -2.33. The molecule has 2 atom stereocenters. The molecule has 0 fully saturated rings. The highest BCUT2D eigenvalue weighted by atomic mass is 35.5. The summed E-state index contributed by atoms with van der Waals surface area (Å²) in [5.41, 5.74) is 3.88. The summed E-state index contributed by atoms with van der Waals surface area (Å²) >= 11 is 12.1. The highest BCUT2D eigenvalue weighted by molar-refractivity contribution is 6.30. The fourth-order valence-electron chi connectivity index (χ4n) is 3.32. The van der Waals surface area contributed by atoms with Crippen molar-refractivity contribution in [2.75, 3.05) is 0 Å². The van der Waals surface area contributed by atoms with Crippen LogP contribution in [0.15, 0.2) is 77.8 Å². The number of hydrogen-bond donors (Lipinski definition) is 2. The number of phenolic OH excluding ortho intramolecular Hbond substituents is 1. The smallest absolute Gasteiger partial charge is 0.126 e. The molecule has 0 unspecified atom stereocenters. The molecule has 0 bridgehead atoms. The Kier molecular flexibility index (Phi) is 5.17. The molecule has 0 aliphatic carbocycles. The van der Waals surface area contributed by atoms with Crippen molar-refractivity contribution in [1.29, 1.82) is 0 Å². The summed E-state index contributed by atoms with van der Waals surface area (Å²) in [6.07, 6.45) is 0.440. The zero-order chi connectivity index (χ0) is 18.8. The Bertz CT molecular complexity index is 968. The molecule has 1 aliphatic heterocycles. The van der Waals surface area contributed by atoms with E-state index in [0.29, 0.717) is 16.5 Å². The predicted molar refractivity (Wildman–Crippen MR) is 111 cm³/mol. The van der Waals surface area contributed by atoms with Crippen LogP contribution in [-0.2, 0) is 0 Å². The summed E-state index contributed by atoms with van der Waals surface area (Å²) < 4.78 is 0. The van der Waals surface area contributed by atoms with Crippen LogP contribution in [0.4, 0.5) is 0 Å². The molecule has 1 heterocycles. The molecule has 0 saturated carbocycles. The second kappa shape index (κ2) is 7.73. The molecule has 0 spiro atoms. The van der Waals surface area contributed by atoms with Crippen LogP contribution < -0.4 is 5.32 Å². The van der Waals surface area contributed by atoms with Gasteiger partial charge in [-0.05, 0) is 41.5 Å². The summed E-state index contributed by atoms with van der Waals surface area (Å²) in [6.45, 7) is 0. The minimum atomic E-state index is -0.230. The van der Waals surface area contributed by atoms with Crippen LogP contribution in [0.3, 0.4) is 0 Å². The summed E-state index contributed by atoms with van der Waals surface area (Å²) in [7, 11) is 0. The first-order valence-electron chi connectivity index (χ1n) is 8.72. The van der Waals surface area contributed by atoms with Gasteiger partial charge in [0.25, 0.3) is 0 Å². The van der Waals surface area contributed by atoms with Crippen LogP contribution in [0.5, 0.6) is 5.75 Å². The van der Waals surface area contributed by atoms with E-state index < -0.39 is 0 Å². The number of nitrogens with one attached hydrogen (secondary N) is 1. The van der Waals surface area contributed by atoms with Gasteiger partial charge < -0.3 is 5.11 Å². The third kappa shape index (κ3) is 4.01. The maximum absolute atomic E-state index is 10.3. The third-order valence-electron chi connectivity index (χ3n) is 4.72. The molecule has 4 rings (SSSR count). The van der Waals surface area contributed by atoms with Crippen molar-refractivity contribution in [1.82, 2.24) is 5.32 Å². The average molecular weight is 397 g/mol. The second-order valence-electron chi connectivity index (χ2n) is 6.52. The fourth-order valence-corrected chi connectivity index (χ4v) is 3.57. The largest absolute Gasteiger partial charge is 0.508 e. The highest BCUT2D eigenvalue weighted by Gasteiger charge is 2.27. The average Bonchev–Trinajstić information content (AvgIpc) is 2.69. The lowest BCUT2D eigenvalue weighted by Gasteiger charge is -2.31. The molecule has 2 N–H and O–H groups in total. The van der Waals surface area contributed by atoms with E-state index >= 15 is 0 Å². The van der Waals surface area contributed by atoms with Gasteiger partial charge in [-0.1, -0.05) is 65.7 Å². The molecular weight excluding hydrogens is 379 g/mol. The number of aromatic hydroxyl groups is 1. The van der Waals surface area contributed by atoms with Crippen LogP contribution in [0.1, 0.15) is 35.3 Å². The summed E-state index contributed by atoms with van der Waals surface area (Å²) in [4.78, 5) is 4.92. The lowest BCUT2D eigenvalue weighted by atomic mass is 9.93. The number of benzene rings is 3. The number of halogens is 2. The molecule has 0 radical (unpaired) electrons. The number of rotatable bonds is 3. The SMILES string of the molecule is Oc1ccccc1[C@@H]1CC(c2ccc(Cl)cc2)=N[C@H](c2ccc(Cl)cc2)N1. The van der Waals surface area contributed by atoms with Crippen molar-refractivity contribution in [3.63, 3.8) is 0 Å². The zero-order valence-corrected chi connectivity index (χ0v) is 16.0. The number of phenols is 1. The quantitative estimate of drug-likeness (QED) is 0.576. The van der Waals surface area contributed by atoms with Gasteiger partial charge in [0.1, 0.15) is 11.9 Å². The Morgan fingerprint density at radius 1 is 0.852 bits per heavy atom. The Morgan fingerprint density at radius 3 is 2.15 bits per heavy atom. The fraction of sp³-hybridized carbons (Fsp3) is 0.136. The van der Waals surface area contributed by atoms with Crippen molar-refractivity contribution in [3.8, 4) is 5.75 Å². The molecule has 3 nitrogen and oxygen atoms in total. The third-order valence-corrected chi connectivity index (χ3v) is 5.22. The first kappa shape index (κ1) is 18.1. The van der Waals surface area contributed by atoms with E-state index in [4.69, 9.17) is 28.2 Å². The van der Waals surface area contributed by atoms with E-state index in [1.165, 1.54) is 0 Å². The maximum atomic E-state index is 10.3. The van der Waals surface area contributed by atoms with E-state index in [2.05, 4.69) is 5.32 Å². The molecule has 27 heavy (non-hydrogen) atoms. The second-order valence-corrected chi connectivity index (χ2v) is 7.39. The normalized spacial score (nSPS) is 19.6. The van der Waals surface area contributed by atoms with Gasteiger partial charge in [-0.3, -0.25) is 10.3 Å². The molecule has 136 valence electrons.